The van der Waals surface area contributed by atoms with Gasteiger partial charge in [-0.05, 0) is 13.6 Å². The minimum absolute atomic E-state index is 1.20. The summed E-state index contributed by atoms with van der Waals surface area (Å²) in [4.78, 5) is 4.91. The standard InChI is InChI=1S/C8H19N2.C7H17N2/c1-4-9-5-7-10(2,3)8-6-9;1-8-4-6-9(2,3)7-5-8/h4-8H2,1-3H3;4-7H2,1-3H3/q2*+1. The predicted octanol–water partition coefficient (Wildman–Crippen LogP) is 0.407. The summed E-state index contributed by atoms with van der Waals surface area (Å²) in [7, 11) is 11.4. The van der Waals surface area contributed by atoms with Gasteiger partial charge in [-0.15, -0.1) is 0 Å². The molecule has 19 heavy (non-hydrogen) atoms. The smallest absolute Gasteiger partial charge is 0.0912 e. The van der Waals surface area contributed by atoms with Crippen LogP contribution >= 0.6 is 0 Å². The van der Waals surface area contributed by atoms with Crippen molar-refractivity contribution in [3.05, 3.63) is 0 Å². The van der Waals surface area contributed by atoms with Gasteiger partial charge in [0, 0.05) is 26.2 Å². The van der Waals surface area contributed by atoms with Crippen molar-refractivity contribution in [3.63, 3.8) is 0 Å². The lowest BCUT2D eigenvalue weighted by Crippen LogP contribution is -2.54. The third-order valence-electron chi connectivity index (χ3n) is 4.66. The Morgan fingerprint density at radius 1 is 0.737 bits per heavy atom. The van der Waals surface area contributed by atoms with Crippen LogP contribution in [0, 0.1) is 0 Å². The molecule has 114 valence electrons. The average molecular weight is 272 g/mol. The van der Waals surface area contributed by atoms with Crippen LogP contribution in [0.15, 0.2) is 0 Å². The number of hydrogen-bond acceptors (Lipinski definition) is 2. The zero-order valence-corrected chi connectivity index (χ0v) is 14.2. The molecule has 0 N–H and O–H groups in total. The minimum atomic E-state index is 1.20. The largest absolute Gasteiger partial charge is 0.326 e. The zero-order valence-electron chi connectivity index (χ0n) is 14.2. The SMILES string of the molecule is CCN1CC[N+](C)(C)CC1.CN1CC[N+](C)(C)CC1. The highest BCUT2D eigenvalue weighted by Gasteiger charge is 2.22. The van der Waals surface area contributed by atoms with Crippen molar-refractivity contribution in [2.24, 2.45) is 0 Å². The van der Waals surface area contributed by atoms with Crippen molar-refractivity contribution in [1.82, 2.24) is 9.80 Å². The van der Waals surface area contributed by atoms with Crippen LogP contribution < -0.4 is 0 Å². The summed E-state index contributed by atoms with van der Waals surface area (Å²) in [6.07, 6.45) is 0. The minimum Gasteiger partial charge on any atom is -0.326 e. The number of piperazine rings is 2. The van der Waals surface area contributed by atoms with Crippen LogP contribution in [0.4, 0.5) is 0 Å². The van der Waals surface area contributed by atoms with Gasteiger partial charge in [0.25, 0.3) is 0 Å². The Kier molecular flexibility index (Phi) is 6.24. The molecule has 0 bridgehead atoms. The molecular weight excluding hydrogens is 236 g/mol. The van der Waals surface area contributed by atoms with Crippen LogP contribution in [0.1, 0.15) is 6.92 Å². The number of rotatable bonds is 1. The molecule has 0 saturated carbocycles. The van der Waals surface area contributed by atoms with E-state index in [1.165, 1.54) is 67.9 Å². The van der Waals surface area contributed by atoms with Crippen LogP contribution in [0.25, 0.3) is 0 Å². The summed E-state index contributed by atoms with van der Waals surface area (Å²) in [5.41, 5.74) is 0. The van der Waals surface area contributed by atoms with Crippen molar-refractivity contribution in [2.45, 2.75) is 6.92 Å². The Morgan fingerprint density at radius 2 is 1.11 bits per heavy atom. The highest BCUT2D eigenvalue weighted by molar-refractivity contribution is 4.59. The predicted molar refractivity (Wildman–Crippen MR) is 83.3 cm³/mol. The molecule has 0 aromatic carbocycles. The molecule has 2 aliphatic rings. The molecule has 2 saturated heterocycles. The average Bonchev–Trinajstić information content (AvgIpc) is 2.34. The van der Waals surface area contributed by atoms with Gasteiger partial charge in [-0.25, -0.2) is 0 Å². The van der Waals surface area contributed by atoms with Crippen molar-refractivity contribution >= 4 is 0 Å². The molecule has 2 fully saturated rings. The summed E-state index contributed by atoms with van der Waals surface area (Å²) in [5, 5.41) is 0. The van der Waals surface area contributed by atoms with E-state index in [-0.39, 0.29) is 0 Å². The van der Waals surface area contributed by atoms with E-state index >= 15 is 0 Å². The Labute approximate surface area is 120 Å². The second-order valence-corrected chi connectivity index (χ2v) is 7.50. The van der Waals surface area contributed by atoms with E-state index in [1.54, 1.807) is 0 Å². The van der Waals surface area contributed by atoms with Gasteiger partial charge in [0.15, 0.2) is 0 Å². The normalized spacial score (nSPS) is 27.5. The molecule has 0 aromatic heterocycles. The highest BCUT2D eigenvalue weighted by atomic mass is 15.4. The first-order valence-corrected chi connectivity index (χ1v) is 7.79. The van der Waals surface area contributed by atoms with Crippen LogP contribution in [0.2, 0.25) is 0 Å². The van der Waals surface area contributed by atoms with Crippen molar-refractivity contribution < 1.29 is 8.97 Å². The van der Waals surface area contributed by atoms with Gasteiger partial charge in [0.1, 0.15) is 0 Å². The van der Waals surface area contributed by atoms with Gasteiger partial charge < -0.3 is 8.97 Å². The molecule has 0 amide bonds. The first-order chi connectivity index (χ1) is 8.74. The molecule has 2 rings (SSSR count). The van der Waals surface area contributed by atoms with Gasteiger partial charge in [-0.3, -0.25) is 9.80 Å². The maximum absolute atomic E-state index is 2.52. The maximum Gasteiger partial charge on any atom is 0.0912 e. The summed E-state index contributed by atoms with van der Waals surface area (Å²) in [5.74, 6) is 0. The van der Waals surface area contributed by atoms with Crippen molar-refractivity contribution in [3.8, 4) is 0 Å². The van der Waals surface area contributed by atoms with Crippen LogP contribution in [0.3, 0.4) is 0 Å². The summed E-state index contributed by atoms with van der Waals surface area (Å²) >= 11 is 0. The van der Waals surface area contributed by atoms with Crippen LogP contribution in [-0.4, -0.2) is 113 Å². The molecule has 0 unspecified atom stereocenters. The first kappa shape index (κ1) is 16.9. The number of hydrogen-bond donors (Lipinski definition) is 0. The van der Waals surface area contributed by atoms with E-state index in [9.17, 15) is 0 Å². The van der Waals surface area contributed by atoms with Crippen molar-refractivity contribution in [2.75, 3.05) is 94.1 Å². The van der Waals surface area contributed by atoms with E-state index < -0.39 is 0 Å². The lowest BCUT2D eigenvalue weighted by Gasteiger charge is -2.38. The Hall–Kier alpha value is -0.160. The fourth-order valence-corrected chi connectivity index (χ4v) is 2.47. The van der Waals surface area contributed by atoms with E-state index in [0.717, 1.165) is 0 Å². The van der Waals surface area contributed by atoms with E-state index in [4.69, 9.17) is 0 Å². The first-order valence-electron chi connectivity index (χ1n) is 7.79. The second-order valence-electron chi connectivity index (χ2n) is 7.50. The van der Waals surface area contributed by atoms with Crippen LogP contribution in [-0.2, 0) is 0 Å². The number of quaternary nitrogens is 2. The molecule has 2 heterocycles. The lowest BCUT2D eigenvalue weighted by atomic mass is 10.3. The van der Waals surface area contributed by atoms with Gasteiger partial charge in [-0.1, -0.05) is 6.92 Å². The van der Waals surface area contributed by atoms with Crippen LogP contribution in [0.5, 0.6) is 0 Å². The zero-order chi connectivity index (χ0) is 14.5. The van der Waals surface area contributed by atoms with Gasteiger partial charge in [0.2, 0.25) is 0 Å². The fourth-order valence-electron chi connectivity index (χ4n) is 2.47. The number of likely N-dealkylation sites (N-methyl/N-ethyl adjacent to an activating group) is 4. The molecule has 2 aliphatic heterocycles. The molecule has 0 spiro atoms. The number of nitrogens with zero attached hydrogens (tertiary/aromatic N) is 4. The van der Waals surface area contributed by atoms with E-state index in [0.29, 0.717) is 0 Å². The molecule has 0 aromatic rings. The van der Waals surface area contributed by atoms with E-state index in [1.807, 2.05) is 0 Å². The Bertz CT molecular complexity index is 243. The molecule has 4 nitrogen and oxygen atoms in total. The molecule has 4 heteroatoms. The Morgan fingerprint density at radius 3 is 1.42 bits per heavy atom. The topological polar surface area (TPSA) is 6.48 Å². The fraction of sp³-hybridized carbons (Fsp3) is 1.00. The summed E-state index contributed by atoms with van der Waals surface area (Å²) < 4.78 is 2.40. The third-order valence-corrected chi connectivity index (χ3v) is 4.66. The van der Waals surface area contributed by atoms with E-state index in [2.05, 4.69) is 52.0 Å². The lowest BCUT2D eigenvalue weighted by molar-refractivity contribution is -0.894. The summed E-state index contributed by atoms with van der Waals surface area (Å²) in [6.45, 7) is 13.8. The monoisotopic (exact) mass is 272 g/mol. The van der Waals surface area contributed by atoms with Gasteiger partial charge in [0.05, 0.1) is 54.4 Å². The molecule has 0 aliphatic carbocycles. The Balaban J connectivity index is 0.000000191. The van der Waals surface area contributed by atoms with Gasteiger partial charge in [-0.2, -0.15) is 0 Å². The second kappa shape index (κ2) is 7.02. The third kappa shape index (κ3) is 6.70. The molecule has 0 radical (unpaired) electrons. The maximum atomic E-state index is 2.52. The quantitative estimate of drug-likeness (QED) is 0.638. The van der Waals surface area contributed by atoms with Crippen molar-refractivity contribution in [1.29, 1.82) is 0 Å². The summed E-state index contributed by atoms with van der Waals surface area (Å²) in [6, 6.07) is 0. The molecule has 0 atom stereocenters. The highest BCUT2D eigenvalue weighted by Crippen LogP contribution is 2.05. The van der Waals surface area contributed by atoms with Gasteiger partial charge >= 0.3 is 0 Å². The molecular formula is C15H36N4+2.